The summed E-state index contributed by atoms with van der Waals surface area (Å²) < 4.78 is 0. The van der Waals surface area contributed by atoms with E-state index >= 15 is 0 Å². The standard InChI is InChI=1S/C16H25NO2/c1-4-13-5-7-14(8-6-13)11-15(19)17-12-16(2,3)9-10-18/h5-8,18H,4,9-12H2,1-3H3,(H,17,19). The molecule has 0 heterocycles. The van der Waals surface area contributed by atoms with Crippen LogP contribution in [-0.4, -0.2) is 24.2 Å². The third-order valence-electron chi connectivity index (χ3n) is 3.35. The quantitative estimate of drug-likeness (QED) is 0.793. The van der Waals surface area contributed by atoms with E-state index in [1.165, 1.54) is 5.56 Å². The number of aryl methyl sites for hydroxylation is 1. The Morgan fingerprint density at radius 3 is 2.32 bits per heavy atom. The average molecular weight is 263 g/mol. The highest BCUT2D eigenvalue weighted by Crippen LogP contribution is 2.18. The van der Waals surface area contributed by atoms with Crippen molar-refractivity contribution in [3.63, 3.8) is 0 Å². The number of rotatable bonds is 7. The van der Waals surface area contributed by atoms with Crippen molar-refractivity contribution in [2.24, 2.45) is 5.41 Å². The molecule has 1 rings (SSSR count). The monoisotopic (exact) mass is 263 g/mol. The van der Waals surface area contributed by atoms with E-state index in [1.807, 2.05) is 26.0 Å². The van der Waals surface area contributed by atoms with Crippen LogP contribution in [0, 0.1) is 5.41 Å². The van der Waals surface area contributed by atoms with Gasteiger partial charge in [-0.2, -0.15) is 0 Å². The van der Waals surface area contributed by atoms with Gasteiger partial charge in [0.2, 0.25) is 5.91 Å². The van der Waals surface area contributed by atoms with Gasteiger partial charge in [0.1, 0.15) is 0 Å². The van der Waals surface area contributed by atoms with E-state index in [-0.39, 0.29) is 17.9 Å². The van der Waals surface area contributed by atoms with Crippen molar-refractivity contribution in [2.75, 3.05) is 13.2 Å². The van der Waals surface area contributed by atoms with Crippen molar-refractivity contribution < 1.29 is 9.90 Å². The molecule has 0 aliphatic rings. The Kier molecular flexibility index (Phi) is 6.03. The molecule has 0 bridgehead atoms. The highest BCUT2D eigenvalue weighted by atomic mass is 16.3. The van der Waals surface area contributed by atoms with E-state index in [9.17, 15) is 4.79 Å². The number of aliphatic hydroxyl groups excluding tert-OH is 1. The van der Waals surface area contributed by atoms with Crippen LogP contribution >= 0.6 is 0 Å². The maximum absolute atomic E-state index is 11.8. The van der Waals surface area contributed by atoms with Crippen molar-refractivity contribution >= 4 is 5.91 Å². The van der Waals surface area contributed by atoms with Crippen molar-refractivity contribution in [2.45, 2.75) is 40.0 Å². The van der Waals surface area contributed by atoms with E-state index in [2.05, 4.69) is 24.4 Å². The number of benzene rings is 1. The molecule has 0 saturated carbocycles. The molecular formula is C16H25NO2. The van der Waals surface area contributed by atoms with Gasteiger partial charge in [0.25, 0.3) is 0 Å². The Bertz CT molecular complexity index is 396. The lowest BCUT2D eigenvalue weighted by atomic mass is 9.89. The van der Waals surface area contributed by atoms with Gasteiger partial charge >= 0.3 is 0 Å². The lowest BCUT2D eigenvalue weighted by Gasteiger charge is -2.23. The summed E-state index contributed by atoms with van der Waals surface area (Å²) >= 11 is 0. The van der Waals surface area contributed by atoms with Gasteiger partial charge in [-0.25, -0.2) is 0 Å². The van der Waals surface area contributed by atoms with Gasteiger partial charge in [-0.1, -0.05) is 45.0 Å². The zero-order valence-corrected chi connectivity index (χ0v) is 12.2. The van der Waals surface area contributed by atoms with E-state index in [1.54, 1.807) is 0 Å². The predicted octanol–water partition coefficient (Wildman–Crippen LogP) is 2.32. The summed E-state index contributed by atoms with van der Waals surface area (Å²) in [5.74, 6) is 0.0373. The Morgan fingerprint density at radius 2 is 1.79 bits per heavy atom. The molecule has 1 aromatic rings. The molecule has 0 aliphatic heterocycles. The molecule has 0 aliphatic carbocycles. The first-order valence-corrected chi connectivity index (χ1v) is 6.92. The summed E-state index contributed by atoms with van der Waals surface area (Å²) in [6.45, 7) is 6.95. The molecule has 0 aromatic heterocycles. The summed E-state index contributed by atoms with van der Waals surface area (Å²) in [7, 11) is 0. The Labute approximate surface area is 116 Å². The second-order valence-corrected chi connectivity index (χ2v) is 5.76. The first-order chi connectivity index (χ1) is 8.96. The SMILES string of the molecule is CCc1ccc(CC(=O)NCC(C)(C)CCO)cc1. The van der Waals surface area contributed by atoms with Crippen LogP contribution in [0.5, 0.6) is 0 Å². The fourth-order valence-electron chi connectivity index (χ4n) is 1.87. The molecule has 2 N–H and O–H groups in total. The number of aliphatic hydroxyl groups is 1. The third kappa shape index (κ3) is 5.88. The molecule has 3 nitrogen and oxygen atoms in total. The maximum Gasteiger partial charge on any atom is 0.224 e. The van der Waals surface area contributed by atoms with Gasteiger partial charge in [-0.05, 0) is 29.4 Å². The highest BCUT2D eigenvalue weighted by Gasteiger charge is 2.18. The zero-order valence-electron chi connectivity index (χ0n) is 12.2. The van der Waals surface area contributed by atoms with Gasteiger partial charge in [0.05, 0.1) is 6.42 Å². The second-order valence-electron chi connectivity index (χ2n) is 5.76. The normalized spacial score (nSPS) is 11.4. The van der Waals surface area contributed by atoms with Crippen molar-refractivity contribution in [1.82, 2.24) is 5.32 Å². The van der Waals surface area contributed by atoms with Crippen LogP contribution < -0.4 is 5.32 Å². The van der Waals surface area contributed by atoms with Crippen LogP contribution in [0.25, 0.3) is 0 Å². The molecule has 1 aromatic carbocycles. The Balaban J connectivity index is 2.42. The maximum atomic E-state index is 11.8. The van der Waals surface area contributed by atoms with Crippen LogP contribution in [0.2, 0.25) is 0 Å². The molecule has 3 heteroatoms. The van der Waals surface area contributed by atoms with E-state index in [4.69, 9.17) is 5.11 Å². The van der Waals surface area contributed by atoms with Gasteiger partial charge in [0, 0.05) is 13.2 Å². The Hall–Kier alpha value is -1.35. The van der Waals surface area contributed by atoms with Gasteiger partial charge < -0.3 is 10.4 Å². The van der Waals surface area contributed by atoms with E-state index < -0.39 is 0 Å². The molecule has 0 radical (unpaired) electrons. The topological polar surface area (TPSA) is 49.3 Å². The minimum atomic E-state index is -0.0590. The smallest absolute Gasteiger partial charge is 0.224 e. The summed E-state index contributed by atoms with van der Waals surface area (Å²) in [6, 6.07) is 8.16. The van der Waals surface area contributed by atoms with Crippen LogP contribution in [0.15, 0.2) is 24.3 Å². The number of carbonyl (C=O) groups excluding carboxylic acids is 1. The summed E-state index contributed by atoms with van der Waals surface area (Å²) in [6.07, 6.45) is 2.12. The molecule has 0 atom stereocenters. The third-order valence-corrected chi connectivity index (χ3v) is 3.35. The van der Waals surface area contributed by atoms with Gasteiger partial charge in [-0.3, -0.25) is 4.79 Å². The predicted molar refractivity (Wildman–Crippen MR) is 78.0 cm³/mol. The van der Waals surface area contributed by atoms with Gasteiger partial charge in [-0.15, -0.1) is 0 Å². The summed E-state index contributed by atoms with van der Waals surface area (Å²) in [4.78, 5) is 11.8. The lowest BCUT2D eigenvalue weighted by molar-refractivity contribution is -0.120. The molecular weight excluding hydrogens is 238 g/mol. The fraction of sp³-hybridized carbons (Fsp3) is 0.562. The molecule has 0 fully saturated rings. The number of nitrogens with one attached hydrogen (secondary N) is 1. The summed E-state index contributed by atoms with van der Waals surface area (Å²) in [5.41, 5.74) is 2.26. The number of carbonyl (C=O) groups is 1. The zero-order chi connectivity index (χ0) is 14.3. The highest BCUT2D eigenvalue weighted by molar-refractivity contribution is 5.78. The summed E-state index contributed by atoms with van der Waals surface area (Å²) in [5, 5.41) is 11.9. The molecule has 1 amide bonds. The first kappa shape index (κ1) is 15.7. The number of hydrogen-bond donors (Lipinski definition) is 2. The average Bonchev–Trinajstić information content (AvgIpc) is 2.37. The van der Waals surface area contributed by atoms with Crippen LogP contribution in [-0.2, 0) is 17.6 Å². The Morgan fingerprint density at radius 1 is 1.21 bits per heavy atom. The van der Waals surface area contributed by atoms with Crippen LogP contribution in [0.3, 0.4) is 0 Å². The van der Waals surface area contributed by atoms with E-state index in [0.29, 0.717) is 19.4 Å². The fourth-order valence-corrected chi connectivity index (χ4v) is 1.87. The molecule has 106 valence electrons. The van der Waals surface area contributed by atoms with E-state index in [0.717, 1.165) is 12.0 Å². The van der Waals surface area contributed by atoms with Crippen LogP contribution in [0.4, 0.5) is 0 Å². The van der Waals surface area contributed by atoms with Crippen LogP contribution in [0.1, 0.15) is 38.3 Å². The second kappa shape index (κ2) is 7.29. The van der Waals surface area contributed by atoms with Crippen molar-refractivity contribution in [3.8, 4) is 0 Å². The van der Waals surface area contributed by atoms with Crippen molar-refractivity contribution in [3.05, 3.63) is 35.4 Å². The molecule has 0 spiro atoms. The van der Waals surface area contributed by atoms with Gasteiger partial charge in [0.15, 0.2) is 0 Å². The minimum Gasteiger partial charge on any atom is -0.396 e. The lowest BCUT2D eigenvalue weighted by Crippen LogP contribution is -2.35. The van der Waals surface area contributed by atoms with Crippen molar-refractivity contribution in [1.29, 1.82) is 0 Å². The molecule has 19 heavy (non-hydrogen) atoms. The largest absolute Gasteiger partial charge is 0.396 e. The first-order valence-electron chi connectivity index (χ1n) is 6.92. The molecule has 0 saturated heterocycles. The number of hydrogen-bond acceptors (Lipinski definition) is 2. The molecule has 0 unspecified atom stereocenters. The minimum absolute atomic E-state index is 0.0373. The number of amides is 1.